The van der Waals surface area contributed by atoms with Crippen LogP contribution in [0.3, 0.4) is 0 Å². The molecule has 5 nitrogen and oxygen atoms in total. The summed E-state index contributed by atoms with van der Waals surface area (Å²) < 4.78 is 0. The molecule has 2 N–H and O–H groups in total. The minimum Gasteiger partial charge on any atom is -0.366 e. The Balaban J connectivity index is 2.25. The van der Waals surface area contributed by atoms with Gasteiger partial charge in [0, 0.05) is 53.2 Å². The first-order valence-corrected chi connectivity index (χ1v) is 4.83. The highest BCUT2D eigenvalue weighted by Crippen LogP contribution is 2.10. The van der Waals surface area contributed by atoms with Crippen LogP contribution >= 0.6 is 0 Å². The van der Waals surface area contributed by atoms with E-state index in [2.05, 4.69) is 15.0 Å². The maximum atomic E-state index is 11.1. The van der Waals surface area contributed by atoms with E-state index in [4.69, 9.17) is 5.73 Å². The van der Waals surface area contributed by atoms with Gasteiger partial charge < -0.3 is 5.73 Å². The lowest BCUT2D eigenvalue weighted by molar-refractivity contribution is -0.114. The van der Waals surface area contributed by atoms with Crippen molar-refractivity contribution >= 4 is 18.3 Å². The number of fused-ring (bicyclic) bond motifs is 3. The maximum Gasteiger partial charge on any atom is 0.246 e. The summed E-state index contributed by atoms with van der Waals surface area (Å²) in [4.78, 5) is 23.5. The molecule has 3 heterocycles. The van der Waals surface area contributed by atoms with Crippen molar-refractivity contribution < 1.29 is 4.79 Å². The molecule has 1 aromatic rings. The van der Waals surface area contributed by atoms with E-state index < -0.39 is 5.91 Å². The van der Waals surface area contributed by atoms with Gasteiger partial charge in [-0.3, -0.25) is 9.79 Å². The number of carbonyl (C=O) groups excluding carboxylic acids is 1. The van der Waals surface area contributed by atoms with E-state index in [9.17, 15) is 4.79 Å². The number of aromatic nitrogens is 1. The molecule has 0 atom stereocenters. The predicted octanol–water partition coefficient (Wildman–Crippen LogP) is -1.20. The average Bonchev–Trinajstić information content (AvgIpc) is 2.76. The van der Waals surface area contributed by atoms with Gasteiger partial charge in [-0.2, -0.15) is 0 Å². The van der Waals surface area contributed by atoms with E-state index in [0.717, 1.165) is 16.3 Å². The number of rotatable bonds is 1. The van der Waals surface area contributed by atoms with E-state index in [1.165, 1.54) is 6.20 Å². The van der Waals surface area contributed by atoms with E-state index in [1.807, 2.05) is 0 Å². The topological polar surface area (TPSA) is 80.7 Å². The Morgan fingerprint density at radius 1 is 1.38 bits per heavy atom. The molecule has 0 aliphatic carbocycles. The molecule has 2 aliphatic rings. The summed E-state index contributed by atoms with van der Waals surface area (Å²) in [6.07, 6.45) is 7.19. The smallest absolute Gasteiger partial charge is 0.246 e. The Bertz CT molecular complexity index is 670. The number of hydrogen-bond acceptors (Lipinski definition) is 4. The SMILES string of the molecule is NC(=O)C1=CN=c2ncc3c(c2C1)C=NC=3. The number of carbonyl (C=O) groups is 1. The maximum absolute atomic E-state index is 11.1. The Morgan fingerprint density at radius 2 is 2.25 bits per heavy atom. The van der Waals surface area contributed by atoms with Gasteiger partial charge in [0.1, 0.15) is 0 Å². The third-order valence-corrected chi connectivity index (χ3v) is 2.68. The summed E-state index contributed by atoms with van der Waals surface area (Å²) in [5.74, 6) is -0.439. The molecule has 0 radical (unpaired) electrons. The van der Waals surface area contributed by atoms with Gasteiger partial charge in [0.15, 0.2) is 5.49 Å². The third kappa shape index (κ3) is 1.18. The second kappa shape index (κ2) is 3.10. The second-order valence-corrected chi connectivity index (χ2v) is 3.66. The van der Waals surface area contributed by atoms with Crippen molar-refractivity contribution in [2.75, 3.05) is 0 Å². The second-order valence-electron chi connectivity index (χ2n) is 3.66. The van der Waals surface area contributed by atoms with Crippen LogP contribution in [0, 0.1) is 0 Å². The number of nitrogens with zero attached hydrogens (tertiary/aromatic N) is 3. The van der Waals surface area contributed by atoms with Crippen LogP contribution in [0.4, 0.5) is 0 Å². The summed E-state index contributed by atoms with van der Waals surface area (Å²) in [7, 11) is 0. The first-order valence-electron chi connectivity index (χ1n) is 4.83. The van der Waals surface area contributed by atoms with Crippen molar-refractivity contribution in [3.05, 3.63) is 39.8 Å². The van der Waals surface area contributed by atoms with Gasteiger partial charge in [-0.05, 0) is 0 Å². The quantitative estimate of drug-likeness (QED) is 0.634. The van der Waals surface area contributed by atoms with E-state index >= 15 is 0 Å². The third-order valence-electron chi connectivity index (χ3n) is 2.68. The molecule has 0 bridgehead atoms. The molecule has 2 aliphatic heterocycles. The Morgan fingerprint density at radius 3 is 3.06 bits per heavy atom. The number of amides is 1. The molecule has 0 aromatic carbocycles. The Hall–Kier alpha value is -2.30. The molecule has 16 heavy (non-hydrogen) atoms. The van der Waals surface area contributed by atoms with Crippen LogP contribution in [0.1, 0.15) is 11.1 Å². The summed E-state index contributed by atoms with van der Waals surface area (Å²) in [5.41, 5.74) is 8.30. The number of primary amides is 1. The zero-order valence-electron chi connectivity index (χ0n) is 8.34. The van der Waals surface area contributed by atoms with Crippen LogP contribution in [-0.2, 0) is 11.2 Å². The lowest BCUT2D eigenvalue weighted by atomic mass is 10.00. The zero-order valence-corrected chi connectivity index (χ0v) is 8.34. The van der Waals surface area contributed by atoms with Crippen LogP contribution in [0.5, 0.6) is 0 Å². The summed E-state index contributed by atoms with van der Waals surface area (Å²) >= 11 is 0. The van der Waals surface area contributed by atoms with E-state index in [-0.39, 0.29) is 0 Å². The summed E-state index contributed by atoms with van der Waals surface area (Å²) in [6, 6.07) is 0. The van der Waals surface area contributed by atoms with Crippen molar-refractivity contribution in [2.45, 2.75) is 6.42 Å². The fourth-order valence-corrected chi connectivity index (χ4v) is 1.83. The van der Waals surface area contributed by atoms with Gasteiger partial charge in [0.05, 0.1) is 0 Å². The highest BCUT2D eigenvalue weighted by atomic mass is 16.1. The van der Waals surface area contributed by atoms with Gasteiger partial charge in [0.25, 0.3) is 0 Å². The molecule has 78 valence electrons. The lowest BCUT2D eigenvalue weighted by Crippen LogP contribution is -2.28. The van der Waals surface area contributed by atoms with Crippen molar-refractivity contribution in [1.29, 1.82) is 0 Å². The molecular formula is C11H8N4O. The number of pyridine rings is 1. The summed E-state index contributed by atoms with van der Waals surface area (Å²) in [6.45, 7) is 0. The first-order chi connectivity index (χ1) is 7.75. The molecule has 3 rings (SSSR count). The Labute approximate surface area is 90.7 Å². The summed E-state index contributed by atoms with van der Waals surface area (Å²) in [5, 5.41) is 0.958. The van der Waals surface area contributed by atoms with Gasteiger partial charge in [-0.15, -0.1) is 0 Å². The van der Waals surface area contributed by atoms with E-state index in [0.29, 0.717) is 17.5 Å². The molecule has 0 saturated heterocycles. The van der Waals surface area contributed by atoms with Crippen molar-refractivity contribution in [1.82, 2.24) is 4.98 Å². The van der Waals surface area contributed by atoms with Crippen molar-refractivity contribution in [3.63, 3.8) is 0 Å². The van der Waals surface area contributed by atoms with Crippen LogP contribution < -0.4 is 16.4 Å². The molecular weight excluding hydrogens is 204 g/mol. The molecule has 1 amide bonds. The Kier molecular flexibility index (Phi) is 1.73. The van der Waals surface area contributed by atoms with Crippen molar-refractivity contribution in [3.8, 4) is 0 Å². The first kappa shape index (κ1) is 8.96. The van der Waals surface area contributed by atoms with Crippen LogP contribution in [-0.4, -0.2) is 17.1 Å². The lowest BCUT2D eigenvalue weighted by Gasteiger charge is -2.09. The average molecular weight is 212 g/mol. The minimum atomic E-state index is -0.439. The highest BCUT2D eigenvalue weighted by molar-refractivity contribution is 5.94. The molecule has 0 fully saturated rings. The van der Waals surface area contributed by atoms with Gasteiger partial charge in [-0.1, -0.05) is 0 Å². The number of aliphatic imine (C=N–C) groups is 1. The fourth-order valence-electron chi connectivity index (χ4n) is 1.83. The van der Waals surface area contributed by atoms with Crippen LogP contribution in [0.25, 0.3) is 6.20 Å². The molecule has 1 aromatic heterocycles. The normalized spacial score (nSPS) is 15.6. The predicted molar refractivity (Wildman–Crippen MR) is 58.1 cm³/mol. The van der Waals surface area contributed by atoms with Crippen molar-refractivity contribution in [2.24, 2.45) is 15.7 Å². The minimum absolute atomic E-state index is 0.439. The zero-order chi connectivity index (χ0) is 11.1. The van der Waals surface area contributed by atoms with E-state index in [1.54, 1.807) is 18.6 Å². The van der Waals surface area contributed by atoms with Crippen LogP contribution in [0.15, 0.2) is 28.0 Å². The largest absolute Gasteiger partial charge is 0.366 e. The van der Waals surface area contributed by atoms with Gasteiger partial charge in [0.2, 0.25) is 5.91 Å². The highest BCUT2D eigenvalue weighted by Gasteiger charge is 2.16. The molecule has 0 spiro atoms. The molecule has 0 unspecified atom stereocenters. The van der Waals surface area contributed by atoms with Gasteiger partial charge >= 0.3 is 0 Å². The number of nitrogens with two attached hydrogens (primary N) is 1. The number of hydrogen-bond donors (Lipinski definition) is 1. The van der Waals surface area contributed by atoms with Gasteiger partial charge in [-0.25, -0.2) is 9.98 Å². The molecule has 0 saturated carbocycles. The monoisotopic (exact) mass is 212 g/mol. The fraction of sp³-hybridized carbons (Fsp3) is 0.0909. The molecule has 5 heteroatoms. The standard InChI is InChI=1S/C11H8N4O/c12-10(16)6-1-8-9-5-13-2-7(9)4-15-11(8)14-3-6/h2-5H,1H2,(H2,12,16). The van der Waals surface area contributed by atoms with Crippen LogP contribution in [0.2, 0.25) is 0 Å².